The van der Waals surface area contributed by atoms with Crippen LogP contribution in [0.15, 0.2) is 24.5 Å². The van der Waals surface area contributed by atoms with Gasteiger partial charge in [0.05, 0.1) is 13.2 Å². The number of carbonyl (C=O) groups is 1. The Morgan fingerprint density at radius 1 is 1.44 bits per heavy atom. The van der Waals surface area contributed by atoms with Gasteiger partial charge in [-0.15, -0.1) is 0 Å². The van der Waals surface area contributed by atoms with Crippen molar-refractivity contribution >= 4 is 5.97 Å². The van der Waals surface area contributed by atoms with E-state index in [4.69, 9.17) is 4.74 Å². The summed E-state index contributed by atoms with van der Waals surface area (Å²) in [6, 6.07) is 3.94. The summed E-state index contributed by atoms with van der Waals surface area (Å²) in [5.74, 6) is -0.155. The van der Waals surface area contributed by atoms with Crippen LogP contribution in [0.25, 0.3) is 0 Å². The number of ether oxygens (including phenoxy) is 1. The van der Waals surface area contributed by atoms with Crippen LogP contribution < -0.4 is 0 Å². The van der Waals surface area contributed by atoms with Gasteiger partial charge in [-0.05, 0) is 31.5 Å². The number of nitrogens with zero attached hydrogens (tertiary/aromatic N) is 2. The molecule has 0 unspecified atom stereocenters. The molecule has 0 spiro atoms. The van der Waals surface area contributed by atoms with Crippen LogP contribution >= 0.6 is 0 Å². The highest BCUT2D eigenvalue weighted by Crippen LogP contribution is 2.05. The molecule has 0 radical (unpaired) electrons. The third kappa shape index (κ3) is 5.77. The molecule has 1 aromatic heterocycles. The molecule has 0 aliphatic carbocycles. The molecule has 18 heavy (non-hydrogen) atoms. The summed E-state index contributed by atoms with van der Waals surface area (Å²) in [5, 5.41) is 0. The van der Waals surface area contributed by atoms with Gasteiger partial charge in [0.25, 0.3) is 0 Å². The van der Waals surface area contributed by atoms with Gasteiger partial charge in [-0.25, -0.2) is 0 Å². The monoisotopic (exact) mass is 250 g/mol. The van der Waals surface area contributed by atoms with Gasteiger partial charge in [0.15, 0.2) is 0 Å². The third-order valence-corrected chi connectivity index (χ3v) is 2.61. The molecule has 0 saturated carbocycles. The Morgan fingerprint density at radius 3 is 2.89 bits per heavy atom. The zero-order valence-electron chi connectivity index (χ0n) is 11.3. The first kappa shape index (κ1) is 14.6. The van der Waals surface area contributed by atoms with E-state index in [0.717, 1.165) is 31.5 Å². The Kier molecular flexibility index (Phi) is 7.03. The number of rotatable bonds is 8. The normalized spacial score (nSPS) is 10.6. The van der Waals surface area contributed by atoms with Crippen molar-refractivity contribution in [2.45, 2.75) is 33.2 Å². The number of pyridine rings is 1. The quantitative estimate of drug-likeness (QED) is 0.664. The van der Waals surface area contributed by atoms with Crippen molar-refractivity contribution in [3.05, 3.63) is 30.1 Å². The molecule has 1 heterocycles. The molecule has 0 aliphatic rings. The van der Waals surface area contributed by atoms with Crippen molar-refractivity contribution in [1.82, 2.24) is 9.88 Å². The van der Waals surface area contributed by atoms with Crippen molar-refractivity contribution in [3.8, 4) is 0 Å². The first-order valence-corrected chi connectivity index (χ1v) is 6.53. The molecule has 1 aromatic rings. The van der Waals surface area contributed by atoms with E-state index in [-0.39, 0.29) is 5.97 Å². The smallest absolute Gasteiger partial charge is 0.320 e. The average molecular weight is 250 g/mol. The molecule has 0 N–H and O–H groups in total. The van der Waals surface area contributed by atoms with Gasteiger partial charge in [0, 0.05) is 18.9 Å². The van der Waals surface area contributed by atoms with Crippen LogP contribution in [0.1, 0.15) is 32.3 Å². The molecule has 0 atom stereocenters. The molecular formula is C14H22N2O2. The fraction of sp³-hybridized carbons (Fsp3) is 0.571. The highest BCUT2D eigenvalue weighted by Gasteiger charge is 2.11. The topological polar surface area (TPSA) is 42.4 Å². The first-order valence-electron chi connectivity index (χ1n) is 6.53. The molecule has 0 fully saturated rings. The van der Waals surface area contributed by atoms with Crippen LogP contribution in [0.4, 0.5) is 0 Å². The zero-order valence-corrected chi connectivity index (χ0v) is 11.3. The predicted octanol–water partition coefficient (Wildman–Crippen LogP) is 2.25. The summed E-state index contributed by atoms with van der Waals surface area (Å²) in [7, 11) is 0. The number of unbranched alkanes of at least 4 members (excludes halogenated alkanes) is 1. The first-order chi connectivity index (χ1) is 8.76. The Hall–Kier alpha value is -1.42. The Bertz CT molecular complexity index is 341. The molecule has 1 rings (SSSR count). The molecular weight excluding hydrogens is 228 g/mol. The molecule has 0 amide bonds. The highest BCUT2D eigenvalue weighted by atomic mass is 16.5. The number of hydrogen-bond donors (Lipinski definition) is 0. The molecule has 4 heteroatoms. The number of esters is 1. The van der Waals surface area contributed by atoms with Crippen molar-refractivity contribution in [2.24, 2.45) is 0 Å². The second kappa shape index (κ2) is 8.64. The minimum absolute atomic E-state index is 0.155. The maximum Gasteiger partial charge on any atom is 0.320 e. The van der Waals surface area contributed by atoms with Gasteiger partial charge < -0.3 is 4.74 Å². The molecule has 4 nitrogen and oxygen atoms in total. The van der Waals surface area contributed by atoms with Crippen LogP contribution in [-0.4, -0.2) is 35.5 Å². The summed E-state index contributed by atoms with van der Waals surface area (Å²) in [6.07, 6.45) is 5.79. The van der Waals surface area contributed by atoms with E-state index in [0.29, 0.717) is 13.2 Å². The average Bonchev–Trinajstić information content (AvgIpc) is 2.37. The SMILES string of the molecule is CCCCN(CC(=O)OCC)Cc1cccnc1. The van der Waals surface area contributed by atoms with E-state index in [9.17, 15) is 4.79 Å². The van der Waals surface area contributed by atoms with Crippen LogP contribution in [0.2, 0.25) is 0 Å². The lowest BCUT2D eigenvalue weighted by Crippen LogP contribution is -2.31. The van der Waals surface area contributed by atoms with E-state index in [1.54, 1.807) is 6.20 Å². The van der Waals surface area contributed by atoms with Crippen molar-refractivity contribution in [1.29, 1.82) is 0 Å². The fourth-order valence-electron chi connectivity index (χ4n) is 1.73. The van der Waals surface area contributed by atoms with E-state index in [1.807, 2.05) is 25.3 Å². The van der Waals surface area contributed by atoms with Gasteiger partial charge in [0.1, 0.15) is 0 Å². The summed E-state index contributed by atoms with van der Waals surface area (Å²) in [5.41, 5.74) is 1.12. The largest absolute Gasteiger partial charge is 0.465 e. The minimum atomic E-state index is -0.155. The lowest BCUT2D eigenvalue weighted by molar-refractivity contribution is -0.144. The summed E-state index contributed by atoms with van der Waals surface area (Å²) in [4.78, 5) is 17.7. The van der Waals surface area contributed by atoms with Gasteiger partial charge >= 0.3 is 5.97 Å². The van der Waals surface area contributed by atoms with E-state index in [1.165, 1.54) is 0 Å². The molecule has 0 bridgehead atoms. The predicted molar refractivity (Wildman–Crippen MR) is 71.1 cm³/mol. The Labute approximate surface area is 109 Å². The van der Waals surface area contributed by atoms with Crippen LogP contribution in [-0.2, 0) is 16.1 Å². The van der Waals surface area contributed by atoms with E-state index >= 15 is 0 Å². The van der Waals surface area contributed by atoms with Crippen molar-refractivity contribution in [2.75, 3.05) is 19.7 Å². The second-order valence-electron chi connectivity index (χ2n) is 4.23. The second-order valence-corrected chi connectivity index (χ2v) is 4.23. The van der Waals surface area contributed by atoms with Gasteiger partial charge in [-0.2, -0.15) is 0 Å². The van der Waals surface area contributed by atoms with E-state index < -0.39 is 0 Å². The molecule has 0 aliphatic heterocycles. The van der Waals surface area contributed by atoms with Crippen LogP contribution in [0.5, 0.6) is 0 Å². The lowest BCUT2D eigenvalue weighted by atomic mass is 10.2. The number of carbonyl (C=O) groups excluding carboxylic acids is 1. The zero-order chi connectivity index (χ0) is 13.2. The third-order valence-electron chi connectivity index (χ3n) is 2.61. The lowest BCUT2D eigenvalue weighted by Gasteiger charge is -2.20. The van der Waals surface area contributed by atoms with Gasteiger partial charge in [-0.1, -0.05) is 19.4 Å². The Balaban J connectivity index is 2.52. The van der Waals surface area contributed by atoms with E-state index in [2.05, 4.69) is 16.8 Å². The number of aromatic nitrogens is 1. The fourth-order valence-corrected chi connectivity index (χ4v) is 1.73. The molecule has 100 valence electrons. The maximum atomic E-state index is 11.5. The molecule has 0 saturated heterocycles. The Morgan fingerprint density at radius 2 is 2.28 bits per heavy atom. The summed E-state index contributed by atoms with van der Waals surface area (Å²) >= 11 is 0. The summed E-state index contributed by atoms with van der Waals surface area (Å²) < 4.78 is 4.99. The summed E-state index contributed by atoms with van der Waals surface area (Å²) in [6.45, 7) is 6.41. The van der Waals surface area contributed by atoms with Gasteiger partial charge in [0.2, 0.25) is 0 Å². The van der Waals surface area contributed by atoms with Crippen molar-refractivity contribution < 1.29 is 9.53 Å². The van der Waals surface area contributed by atoms with Gasteiger partial charge in [-0.3, -0.25) is 14.7 Å². The highest BCUT2D eigenvalue weighted by molar-refractivity contribution is 5.71. The maximum absolute atomic E-state index is 11.5. The van der Waals surface area contributed by atoms with Crippen LogP contribution in [0.3, 0.4) is 0 Å². The van der Waals surface area contributed by atoms with Crippen LogP contribution in [0, 0.1) is 0 Å². The molecule has 0 aromatic carbocycles. The standard InChI is InChI=1S/C14H22N2O2/c1-3-5-9-16(12-14(17)18-4-2)11-13-7-6-8-15-10-13/h6-8,10H,3-5,9,11-12H2,1-2H3. The van der Waals surface area contributed by atoms with Crippen molar-refractivity contribution in [3.63, 3.8) is 0 Å². The number of hydrogen-bond acceptors (Lipinski definition) is 4. The minimum Gasteiger partial charge on any atom is -0.465 e.